The van der Waals surface area contributed by atoms with Crippen molar-refractivity contribution in [2.75, 3.05) is 20.6 Å². The van der Waals surface area contributed by atoms with Crippen molar-refractivity contribution >= 4 is 21.4 Å². The van der Waals surface area contributed by atoms with Crippen molar-refractivity contribution in [3.05, 3.63) is 35.9 Å². The third kappa shape index (κ3) is 4.48. The lowest BCUT2D eigenvalue weighted by Crippen LogP contribution is -2.45. The molecule has 1 aromatic rings. The second-order valence-corrected chi connectivity index (χ2v) is 7.75. The molecule has 2 rings (SSSR count). The Morgan fingerprint density at radius 1 is 1.32 bits per heavy atom. The Labute approximate surface area is 146 Å². The van der Waals surface area contributed by atoms with E-state index in [0.29, 0.717) is 0 Å². The first kappa shape index (κ1) is 20.1. The van der Waals surface area contributed by atoms with Crippen LogP contribution in [0.4, 0.5) is 4.39 Å². The van der Waals surface area contributed by atoms with Crippen molar-refractivity contribution < 1.29 is 37.0 Å². The summed E-state index contributed by atoms with van der Waals surface area (Å²) in [5.74, 6) is -0.762. The van der Waals surface area contributed by atoms with Crippen LogP contribution in [0.25, 0.3) is 0 Å². The van der Waals surface area contributed by atoms with Gasteiger partial charge >= 0.3 is 13.6 Å². The summed E-state index contributed by atoms with van der Waals surface area (Å²) in [6.07, 6.45) is -3.35. The average Bonchev–Trinajstić information content (AvgIpc) is 2.83. The predicted molar refractivity (Wildman–Crippen MR) is 87.2 cm³/mol. The van der Waals surface area contributed by atoms with Crippen LogP contribution >= 0.6 is 7.60 Å². The number of carbonyl (C=O) groups excluding carboxylic acids is 1. The summed E-state index contributed by atoms with van der Waals surface area (Å²) in [5, 5.41) is 0. The molecule has 1 saturated heterocycles. The van der Waals surface area contributed by atoms with E-state index < -0.39 is 44.0 Å². The summed E-state index contributed by atoms with van der Waals surface area (Å²) in [5.41, 5.74) is -1.98. The molecule has 0 aliphatic carbocycles. The second-order valence-electron chi connectivity index (χ2n) is 5.54. The van der Waals surface area contributed by atoms with Crippen molar-refractivity contribution in [1.29, 1.82) is 0 Å². The molecule has 0 amide bonds. The van der Waals surface area contributed by atoms with Gasteiger partial charge in [0.2, 0.25) is 0 Å². The van der Waals surface area contributed by atoms with Gasteiger partial charge in [-0.3, -0.25) is 4.57 Å². The molecule has 1 aliphatic rings. The van der Waals surface area contributed by atoms with Crippen LogP contribution in [0, 0.1) is 0 Å². The number of esters is 1. The number of benzene rings is 1. The lowest BCUT2D eigenvalue weighted by Gasteiger charge is -2.26. The Bertz CT molecular complexity index is 634. The van der Waals surface area contributed by atoms with Gasteiger partial charge < -0.3 is 23.3 Å². The molecule has 1 fully saturated rings. The van der Waals surface area contributed by atoms with E-state index in [9.17, 15) is 13.8 Å². The molecule has 0 spiro atoms. The maximum absolute atomic E-state index is 14.8. The van der Waals surface area contributed by atoms with E-state index >= 15 is 0 Å². The maximum Gasteiger partial charge on any atom is 0.355 e. The van der Waals surface area contributed by atoms with Crippen molar-refractivity contribution in [2.24, 2.45) is 0 Å². The Morgan fingerprint density at radius 2 is 1.92 bits per heavy atom. The molecule has 136 valence electrons. The number of alkyl halides is 1. The number of hydrogen-bond donors (Lipinski definition) is 0. The quantitative estimate of drug-likeness (QED) is 0.413. The minimum atomic E-state index is -3.52. The average molecular weight is 372 g/mol. The fourth-order valence-corrected chi connectivity index (χ4v) is 2.87. The number of hydrogen-bond acceptors (Lipinski definition) is 7. The van der Waals surface area contributed by atoms with Gasteiger partial charge in [0.15, 0.2) is 24.4 Å². The van der Waals surface area contributed by atoms with Gasteiger partial charge in [-0.1, -0.05) is 18.2 Å². The van der Waals surface area contributed by atoms with Crippen LogP contribution in [-0.4, -0.2) is 58.4 Å². The molecular formula is C15H19BFO7P. The smallest absolute Gasteiger partial charge is 0.355 e. The van der Waals surface area contributed by atoms with Crippen molar-refractivity contribution in [3.63, 3.8) is 0 Å². The lowest BCUT2D eigenvalue weighted by atomic mass is 9.84. The van der Waals surface area contributed by atoms with Crippen LogP contribution in [0.3, 0.4) is 0 Å². The standard InChI is InChI=1S/C15H19BFO7P/c1-15(17)11(23-12(18)10-7-5-4-6-8-10)13(24-14(15)16)22-9-25(19,20-2)21-3/h4-8,11,13-14H,9H2,1-3H3. The minimum absolute atomic E-state index is 0.233. The van der Waals surface area contributed by atoms with E-state index in [0.717, 1.165) is 6.92 Å². The molecule has 4 atom stereocenters. The molecule has 0 N–H and O–H groups in total. The fourth-order valence-electron chi connectivity index (χ4n) is 2.18. The van der Waals surface area contributed by atoms with Crippen LogP contribution in [0.1, 0.15) is 17.3 Å². The molecule has 1 aromatic carbocycles. The largest absolute Gasteiger partial charge is 0.450 e. The summed E-state index contributed by atoms with van der Waals surface area (Å²) in [4.78, 5) is 12.2. The van der Waals surface area contributed by atoms with Crippen molar-refractivity contribution in [2.45, 2.75) is 31.0 Å². The molecular weight excluding hydrogens is 353 g/mol. The maximum atomic E-state index is 14.8. The molecule has 25 heavy (non-hydrogen) atoms. The van der Waals surface area contributed by atoms with Gasteiger partial charge in [0.05, 0.1) is 11.6 Å². The highest BCUT2D eigenvalue weighted by molar-refractivity contribution is 7.53. The monoisotopic (exact) mass is 372 g/mol. The predicted octanol–water partition coefficient (Wildman–Crippen LogP) is 2.25. The molecule has 1 aliphatic heterocycles. The number of halogens is 1. The summed E-state index contributed by atoms with van der Waals surface area (Å²) in [7, 11) is 4.46. The zero-order valence-corrected chi connectivity index (χ0v) is 15.0. The minimum Gasteiger partial charge on any atom is -0.450 e. The number of ether oxygens (including phenoxy) is 3. The Balaban J connectivity index is 2.13. The van der Waals surface area contributed by atoms with E-state index in [1.165, 1.54) is 26.4 Å². The third-order valence-corrected chi connectivity index (χ3v) is 5.42. The van der Waals surface area contributed by atoms with Crippen LogP contribution < -0.4 is 0 Å². The highest BCUT2D eigenvalue weighted by Gasteiger charge is 2.55. The topological polar surface area (TPSA) is 80.3 Å². The molecule has 4 unspecified atom stereocenters. The zero-order chi connectivity index (χ0) is 18.7. The molecule has 0 saturated carbocycles. The van der Waals surface area contributed by atoms with Crippen LogP contribution in [0.5, 0.6) is 0 Å². The Kier molecular flexibility index (Phi) is 6.40. The summed E-state index contributed by atoms with van der Waals surface area (Å²) in [6, 6.07) is 6.66. The van der Waals surface area contributed by atoms with Gasteiger partial charge in [-0.15, -0.1) is 0 Å². The van der Waals surface area contributed by atoms with E-state index in [1.807, 2.05) is 0 Å². The summed E-state index contributed by atoms with van der Waals surface area (Å²) in [6.45, 7) is 1.14. The normalized spacial score (nSPS) is 29.5. The number of rotatable bonds is 7. The molecule has 1 heterocycles. The van der Waals surface area contributed by atoms with Gasteiger partial charge in [0, 0.05) is 14.2 Å². The Morgan fingerprint density at radius 3 is 2.48 bits per heavy atom. The van der Waals surface area contributed by atoms with Crippen LogP contribution in [0.2, 0.25) is 0 Å². The molecule has 7 nitrogen and oxygen atoms in total. The Hall–Kier alpha value is -1.25. The van der Waals surface area contributed by atoms with E-state index in [-0.39, 0.29) is 5.56 Å². The third-order valence-electron chi connectivity index (χ3n) is 3.84. The van der Waals surface area contributed by atoms with Gasteiger partial charge in [0.25, 0.3) is 0 Å². The lowest BCUT2D eigenvalue weighted by molar-refractivity contribution is -0.150. The van der Waals surface area contributed by atoms with Crippen LogP contribution in [-0.2, 0) is 27.8 Å². The summed E-state index contributed by atoms with van der Waals surface area (Å²) >= 11 is 0. The first-order valence-electron chi connectivity index (χ1n) is 7.41. The zero-order valence-electron chi connectivity index (χ0n) is 14.1. The van der Waals surface area contributed by atoms with E-state index in [2.05, 4.69) is 0 Å². The van der Waals surface area contributed by atoms with Gasteiger partial charge in [-0.2, -0.15) is 0 Å². The first-order valence-corrected chi connectivity index (χ1v) is 9.14. The second kappa shape index (κ2) is 7.97. The highest BCUT2D eigenvalue weighted by atomic mass is 31.2. The van der Waals surface area contributed by atoms with E-state index in [1.54, 1.807) is 18.2 Å². The van der Waals surface area contributed by atoms with Gasteiger partial charge in [0.1, 0.15) is 7.85 Å². The van der Waals surface area contributed by atoms with E-state index in [4.69, 9.17) is 31.1 Å². The van der Waals surface area contributed by atoms with Crippen molar-refractivity contribution in [1.82, 2.24) is 0 Å². The van der Waals surface area contributed by atoms with Gasteiger partial charge in [-0.25, -0.2) is 9.18 Å². The molecule has 2 radical (unpaired) electrons. The van der Waals surface area contributed by atoms with Crippen LogP contribution in [0.15, 0.2) is 30.3 Å². The summed E-state index contributed by atoms with van der Waals surface area (Å²) < 4.78 is 52.0. The van der Waals surface area contributed by atoms with Crippen molar-refractivity contribution in [3.8, 4) is 0 Å². The SMILES string of the molecule is [B]C1OC(OCP(=O)(OC)OC)C(OC(=O)c2ccccc2)C1(C)F. The van der Waals surface area contributed by atoms with Gasteiger partial charge in [-0.05, 0) is 19.1 Å². The first-order chi connectivity index (χ1) is 11.7. The molecule has 0 aromatic heterocycles. The molecule has 10 heteroatoms. The molecule has 0 bridgehead atoms. The number of carbonyl (C=O) groups is 1. The highest BCUT2D eigenvalue weighted by Crippen LogP contribution is 2.47. The fraction of sp³-hybridized carbons (Fsp3) is 0.533.